The summed E-state index contributed by atoms with van der Waals surface area (Å²) in [7, 11) is 0. The van der Waals surface area contributed by atoms with E-state index in [1.807, 2.05) is 18.2 Å². The summed E-state index contributed by atoms with van der Waals surface area (Å²) < 4.78 is 0. The molecule has 2 aliphatic rings. The van der Waals surface area contributed by atoms with Gasteiger partial charge in [-0.15, -0.1) is 0 Å². The Morgan fingerprint density at radius 1 is 1.41 bits per heavy atom. The lowest BCUT2D eigenvalue weighted by atomic mass is 9.78. The van der Waals surface area contributed by atoms with Crippen molar-refractivity contribution in [1.29, 1.82) is 0 Å². The first-order valence-corrected chi connectivity index (χ1v) is 6.19. The minimum Gasteiger partial charge on any atom is -0.369 e. The van der Waals surface area contributed by atoms with E-state index in [1.54, 1.807) is 0 Å². The summed E-state index contributed by atoms with van der Waals surface area (Å²) in [5, 5.41) is 0.747. The van der Waals surface area contributed by atoms with Crippen LogP contribution >= 0.6 is 11.6 Å². The fourth-order valence-electron chi connectivity index (χ4n) is 2.79. The normalized spacial score (nSPS) is 26.1. The SMILES string of the molecule is NC(=O)C1CCC2C(=Nc3ccc(Cl)cc32)C1. The Bertz CT molecular complexity index is 524. The van der Waals surface area contributed by atoms with E-state index in [0.717, 1.165) is 29.3 Å². The number of fused-ring (bicyclic) bond motifs is 3. The van der Waals surface area contributed by atoms with E-state index in [0.29, 0.717) is 12.3 Å². The van der Waals surface area contributed by atoms with E-state index in [4.69, 9.17) is 17.3 Å². The van der Waals surface area contributed by atoms with Gasteiger partial charge in [0, 0.05) is 22.6 Å². The van der Waals surface area contributed by atoms with Crippen LogP contribution < -0.4 is 5.73 Å². The molecule has 0 spiro atoms. The van der Waals surface area contributed by atoms with Gasteiger partial charge in [-0.1, -0.05) is 11.6 Å². The molecule has 2 unspecified atom stereocenters. The third-order valence-corrected chi connectivity index (χ3v) is 3.93. The number of nitrogens with zero attached hydrogens (tertiary/aromatic N) is 1. The van der Waals surface area contributed by atoms with Gasteiger partial charge in [-0.05, 0) is 43.0 Å². The van der Waals surface area contributed by atoms with Crippen molar-refractivity contribution in [2.45, 2.75) is 25.2 Å². The first-order valence-electron chi connectivity index (χ1n) is 5.81. The molecular formula is C13H13ClN2O. The summed E-state index contributed by atoms with van der Waals surface area (Å²) in [4.78, 5) is 15.8. The number of carbonyl (C=O) groups is 1. The molecule has 0 saturated heterocycles. The van der Waals surface area contributed by atoms with Gasteiger partial charge in [-0.25, -0.2) is 0 Å². The third-order valence-electron chi connectivity index (χ3n) is 3.69. The van der Waals surface area contributed by atoms with Gasteiger partial charge in [0.25, 0.3) is 0 Å². The molecule has 0 radical (unpaired) electrons. The lowest BCUT2D eigenvalue weighted by Gasteiger charge is -2.25. The van der Waals surface area contributed by atoms with Crippen molar-refractivity contribution in [3.05, 3.63) is 28.8 Å². The number of hydrogen-bond donors (Lipinski definition) is 1. The molecule has 1 heterocycles. The summed E-state index contributed by atoms with van der Waals surface area (Å²) in [6, 6.07) is 5.79. The van der Waals surface area contributed by atoms with Gasteiger partial charge in [-0.3, -0.25) is 9.79 Å². The lowest BCUT2D eigenvalue weighted by molar-refractivity contribution is -0.122. The van der Waals surface area contributed by atoms with E-state index < -0.39 is 0 Å². The zero-order valence-corrected chi connectivity index (χ0v) is 10.1. The van der Waals surface area contributed by atoms with Crippen LogP contribution in [0.1, 0.15) is 30.7 Å². The summed E-state index contributed by atoms with van der Waals surface area (Å²) in [6.07, 6.45) is 2.50. The van der Waals surface area contributed by atoms with Crippen molar-refractivity contribution in [3.8, 4) is 0 Å². The zero-order chi connectivity index (χ0) is 12.0. The molecule has 0 bridgehead atoms. The highest BCUT2D eigenvalue weighted by atomic mass is 35.5. The van der Waals surface area contributed by atoms with Crippen LogP contribution in [0.25, 0.3) is 0 Å². The van der Waals surface area contributed by atoms with Crippen LogP contribution in [0, 0.1) is 5.92 Å². The Hall–Kier alpha value is -1.35. The number of aliphatic imine (C=N–C) groups is 1. The van der Waals surface area contributed by atoms with Crippen molar-refractivity contribution in [2.75, 3.05) is 0 Å². The van der Waals surface area contributed by atoms with Crippen molar-refractivity contribution < 1.29 is 4.79 Å². The quantitative estimate of drug-likeness (QED) is 0.816. The molecule has 1 fully saturated rings. The van der Waals surface area contributed by atoms with E-state index in [9.17, 15) is 4.79 Å². The number of benzene rings is 1. The average Bonchev–Trinajstić information content (AvgIpc) is 2.66. The van der Waals surface area contributed by atoms with Gasteiger partial charge >= 0.3 is 0 Å². The van der Waals surface area contributed by atoms with E-state index in [1.165, 1.54) is 5.56 Å². The van der Waals surface area contributed by atoms with Crippen molar-refractivity contribution in [2.24, 2.45) is 16.6 Å². The van der Waals surface area contributed by atoms with E-state index >= 15 is 0 Å². The number of carbonyl (C=O) groups excluding carboxylic acids is 1. The van der Waals surface area contributed by atoms with Crippen LogP contribution in [-0.4, -0.2) is 11.6 Å². The number of nitrogens with two attached hydrogens (primary N) is 1. The van der Waals surface area contributed by atoms with Crippen LogP contribution in [0.2, 0.25) is 5.02 Å². The maximum atomic E-state index is 11.2. The summed E-state index contributed by atoms with van der Waals surface area (Å²) >= 11 is 6.01. The molecule has 3 nitrogen and oxygen atoms in total. The number of primary amides is 1. The Morgan fingerprint density at radius 3 is 3.00 bits per heavy atom. The molecule has 1 amide bonds. The molecule has 1 aliphatic carbocycles. The number of hydrogen-bond acceptors (Lipinski definition) is 2. The fraction of sp³-hybridized carbons (Fsp3) is 0.385. The number of rotatable bonds is 1. The predicted molar refractivity (Wildman–Crippen MR) is 67.8 cm³/mol. The van der Waals surface area contributed by atoms with E-state index in [-0.39, 0.29) is 11.8 Å². The Morgan fingerprint density at radius 2 is 2.24 bits per heavy atom. The number of halogens is 1. The molecule has 1 aliphatic heterocycles. The molecule has 2 atom stereocenters. The molecule has 1 aromatic rings. The smallest absolute Gasteiger partial charge is 0.220 e. The van der Waals surface area contributed by atoms with Gasteiger partial charge in [0.05, 0.1) is 5.69 Å². The van der Waals surface area contributed by atoms with Crippen molar-refractivity contribution >= 4 is 28.9 Å². The molecule has 88 valence electrons. The molecule has 1 saturated carbocycles. The maximum absolute atomic E-state index is 11.2. The largest absolute Gasteiger partial charge is 0.369 e. The monoisotopic (exact) mass is 248 g/mol. The molecule has 4 heteroatoms. The Kier molecular flexibility index (Phi) is 2.44. The van der Waals surface area contributed by atoms with Gasteiger partial charge in [0.2, 0.25) is 5.91 Å². The molecule has 1 aromatic carbocycles. The fourth-order valence-corrected chi connectivity index (χ4v) is 2.97. The second-order valence-electron chi connectivity index (χ2n) is 4.74. The van der Waals surface area contributed by atoms with Crippen LogP contribution in [-0.2, 0) is 4.79 Å². The predicted octanol–water partition coefficient (Wildman–Crippen LogP) is 2.80. The van der Waals surface area contributed by atoms with Gasteiger partial charge in [0.1, 0.15) is 0 Å². The standard InChI is InChI=1S/C13H13ClN2O/c14-8-2-4-11-10(6-8)9-3-1-7(13(15)17)5-12(9)16-11/h2,4,6-7,9H,1,3,5H2,(H2,15,17). The highest BCUT2D eigenvalue weighted by molar-refractivity contribution is 6.30. The second-order valence-corrected chi connectivity index (χ2v) is 5.18. The minimum absolute atomic E-state index is 0.0465. The lowest BCUT2D eigenvalue weighted by Crippen LogP contribution is -2.31. The molecule has 17 heavy (non-hydrogen) atoms. The average molecular weight is 249 g/mol. The van der Waals surface area contributed by atoms with Gasteiger partial charge in [0.15, 0.2) is 0 Å². The molecule has 2 N–H and O–H groups in total. The first kappa shape index (κ1) is 10.8. The molecule has 3 rings (SSSR count). The topological polar surface area (TPSA) is 55.5 Å². The zero-order valence-electron chi connectivity index (χ0n) is 9.32. The summed E-state index contributed by atoms with van der Waals surface area (Å²) in [6.45, 7) is 0. The van der Waals surface area contributed by atoms with E-state index in [2.05, 4.69) is 4.99 Å². The van der Waals surface area contributed by atoms with Gasteiger partial charge < -0.3 is 5.73 Å². The minimum atomic E-state index is -0.208. The maximum Gasteiger partial charge on any atom is 0.220 e. The summed E-state index contributed by atoms with van der Waals surface area (Å²) in [5.41, 5.74) is 8.66. The van der Waals surface area contributed by atoms with Crippen molar-refractivity contribution in [1.82, 2.24) is 0 Å². The molecule has 0 aromatic heterocycles. The van der Waals surface area contributed by atoms with Crippen LogP contribution in [0.5, 0.6) is 0 Å². The van der Waals surface area contributed by atoms with Gasteiger partial charge in [-0.2, -0.15) is 0 Å². The van der Waals surface area contributed by atoms with Crippen molar-refractivity contribution in [3.63, 3.8) is 0 Å². The van der Waals surface area contributed by atoms with Crippen LogP contribution in [0.15, 0.2) is 23.2 Å². The number of amides is 1. The first-order chi connectivity index (χ1) is 8.15. The Labute approximate surface area is 105 Å². The second kappa shape index (κ2) is 3.84. The Balaban J connectivity index is 1.93. The molecular weight excluding hydrogens is 236 g/mol. The highest BCUT2D eigenvalue weighted by Gasteiger charge is 2.35. The third kappa shape index (κ3) is 1.75. The van der Waals surface area contributed by atoms with Crippen LogP contribution in [0.4, 0.5) is 5.69 Å². The summed E-state index contributed by atoms with van der Waals surface area (Å²) in [5.74, 6) is 0.0919. The highest BCUT2D eigenvalue weighted by Crippen LogP contribution is 2.44. The van der Waals surface area contributed by atoms with Crippen LogP contribution in [0.3, 0.4) is 0 Å².